The van der Waals surface area contributed by atoms with E-state index in [1.807, 2.05) is 6.07 Å². The molecule has 0 saturated carbocycles. The van der Waals surface area contributed by atoms with Crippen LogP contribution in [-0.4, -0.2) is 32.7 Å². The van der Waals surface area contributed by atoms with Gasteiger partial charge in [-0.25, -0.2) is 17.6 Å². The third-order valence-corrected chi connectivity index (χ3v) is 6.97. The number of anilines is 1. The van der Waals surface area contributed by atoms with Crippen LogP contribution in [0.4, 0.5) is 9.39 Å². The number of carbonyl (C=O) groups excluding carboxylic acids is 2. The number of hydrogen-bond donors (Lipinski definition) is 1. The van der Waals surface area contributed by atoms with Crippen molar-refractivity contribution in [2.24, 2.45) is 0 Å². The fraction of sp³-hybridized carbons (Fsp3) is 0.316. The Kier molecular flexibility index (Phi) is 7.47. The van der Waals surface area contributed by atoms with Crippen molar-refractivity contribution < 1.29 is 27.1 Å². The number of halogens is 1. The zero-order chi connectivity index (χ0) is 21.6. The lowest BCUT2D eigenvalue weighted by atomic mass is 10.1. The quantitative estimate of drug-likeness (QED) is 0.499. The highest BCUT2D eigenvalue weighted by Gasteiger charge is 2.22. The van der Waals surface area contributed by atoms with E-state index in [4.69, 9.17) is 4.74 Å². The van der Waals surface area contributed by atoms with Gasteiger partial charge in [-0.15, -0.1) is 11.3 Å². The SMILES string of the molecule is CCOC(=O)c1sc(NC(=O)CCCS(=O)(=O)c2ccc(F)cc2)c(C#N)c1C. The van der Waals surface area contributed by atoms with Crippen LogP contribution in [0.3, 0.4) is 0 Å². The molecule has 154 valence electrons. The van der Waals surface area contributed by atoms with Gasteiger partial charge in [0.2, 0.25) is 5.91 Å². The van der Waals surface area contributed by atoms with E-state index in [2.05, 4.69) is 5.32 Å². The Labute approximate surface area is 172 Å². The van der Waals surface area contributed by atoms with E-state index in [1.54, 1.807) is 13.8 Å². The fourth-order valence-corrected chi connectivity index (χ4v) is 4.88. The van der Waals surface area contributed by atoms with E-state index in [9.17, 15) is 27.7 Å². The molecule has 0 atom stereocenters. The van der Waals surface area contributed by atoms with Crippen LogP contribution in [0.25, 0.3) is 0 Å². The topological polar surface area (TPSA) is 113 Å². The Morgan fingerprint density at radius 2 is 1.93 bits per heavy atom. The van der Waals surface area contributed by atoms with Gasteiger partial charge >= 0.3 is 5.97 Å². The highest BCUT2D eigenvalue weighted by molar-refractivity contribution is 7.91. The monoisotopic (exact) mass is 438 g/mol. The standard InChI is InChI=1S/C19H19FN2O5S2/c1-3-27-19(24)17-12(2)15(11-21)18(28-17)22-16(23)5-4-10-29(25,26)14-8-6-13(20)7-9-14/h6-9H,3-5,10H2,1-2H3,(H,22,23). The Hall–Kier alpha value is -2.77. The molecule has 0 aliphatic carbocycles. The number of carbonyl (C=O) groups is 2. The van der Waals surface area contributed by atoms with E-state index in [0.717, 1.165) is 23.5 Å². The number of thiophene rings is 1. The second kappa shape index (κ2) is 9.62. The van der Waals surface area contributed by atoms with E-state index >= 15 is 0 Å². The number of amides is 1. The first kappa shape index (κ1) is 22.5. The molecule has 2 rings (SSSR count). The third kappa shape index (κ3) is 5.62. The second-order valence-electron chi connectivity index (χ2n) is 6.02. The molecule has 0 spiro atoms. The van der Waals surface area contributed by atoms with Crippen LogP contribution in [0.2, 0.25) is 0 Å². The first-order valence-corrected chi connectivity index (χ1v) is 11.1. The molecule has 1 aromatic carbocycles. The van der Waals surface area contributed by atoms with Gasteiger partial charge in [-0.1, -0.05) is 0 Å². The largest absolute Gasteiger partial charge is 0.462 e. The molecule has 0 fully saturated rings. The zero-order valence-electron chi connectivity index (χ0n) is 15.8. The van der Waals surface area contributed by atoms with Crippen LogP contribution in [0.15, 0.2) is 29.2 Å². The van der Waals surface area contributed by atoms with E-state index in [-0.39, 0.29) is 45.5 Å². The molecule has 7 nitrogen and oxygen atoms in total. The predicted molar refractivity (Wildman–Crippen MR) is 106 cm³/mol. The maximum absolute atomic E-state index is 12.9. The maximum atomic E-state index is 12.9. The van der Waals surface area contributed by atoms with Crippen molar-refractivity contribution in [1.82, 2.24) is 0 Å². The smallest absolute Gasteiger partial charge is 0.348 e. The van der Waals surface area contributed by atoms with Crippen molar-refractivity contribution in [1.29, 1.82) is 5.26 Å². The lowest BCUT2D eigenvalue weighted by molar-refractivity contribution is -0.116. The number of hydrogen-bond acceptors (Lipinski definition) is 7. The Morgan fingerprint density at radius 3 is 2.52 bits per heavy atom. The van der Waals surface area contributed by atoms with Crippen LogP contribution >= 0.6 is 11.3 Å². The van der Waals surface area contributed by atoms with Crippen molar-refractivity contribution in [3.05, 3.63) is 46.1 Å². The second-order valence-corrected chi connectivity index (χ2v) is 9.15. The molecule has 0 saturated heterocycles. The number of sulfone groups is 1. The maximum Gasteiger partial charge on any atom is 0.348 e. The first-order chi connectivity index (χ1) is 13.7. The van der Waals surface area contributed by atoms with Crippen molar-refractivity contribution in [2.75, 3.05) is 17.7 Å². The van der Waals surface area contributed by atoms with Crippen LogP contribution in [0, 0.1) is 24.1 Å². The lowest BCUT2D eigenvalue weighted by Gasteiger charge is -2.05. The van der Waals surface area contributed by atoms with E-state index in [1.165, 1.54) is 12.1 Å². The molecule has 1 aromatic heterocycles. The summed E-state index contributed by atoms with van der Waals surface area (Å²) in [6.45, 7) is 3.43. The number of esters is 1. The summed E-state index contributed by atoms with van der Waals surface area (Å²) < 4.78 is 42.3. The molecule has 0 aliphatic rings. The van der Waals surface area contributed by atoms with Crippen LogP contribution in [-0.2, 0) is 19.4 Å². The van der Waals surface area contributed by atoms with Crippen LogP contribution < -0.4 is 5.32 Å². The Morgan fingerprint density at radius 1 is 1.28 bits per heavy atom. The molecule has 0 unspecified atom stereocenters. The van der Waals surface area contributed by atoms with Crippen LogP contribution in [0.1, 0.15) is 40.6 Å². The van der Waals surface area contributed by atoms with Gasteiger partial charge in [0, 0.05) is 6.42 Å². The Bertz CT molecular complexity index is 1050. The number of ether oxygens (including phenoxy) is 1. The van der Waals surface area contributed by atoms with Gasteiger partial charge in [-0.05, 0) is 50.1 Å². The van der Waals surface area contributed by atoms with Crippen molar-refractivity contribution in [3.63, 3.8) is 0 Å². The Balaban J connectivity index is 2.01. The van der Waals surface area contributed by atoms with Gasteiger partial charge in [0.25, 0.3) is 0 Å². The molecule has 10 heteroatoms. The summed E-state index contributed by atoms with van der Waals surface area (Å²) in [6, 6.07) is 6.42. The molecule has 0 radical (unpaired) electrons. The molecule has 0 aliphatic heterocycles. The van der Waals surface area contributed by atoms with E-state index < -0.39 is 27.5 Å². The van der Waals surface area contributed by atoms with Crippen molar-refractivity contribution >= 4 is 38.1 Å². The first-order valence-electron chi connectivity index (χ1n) is 8.68. The lowest BCUT2D eigenvalue weighted by Crippen LogP contribution is -2.14. The fourth-order valence-electron chi connectivity index (χ4n) is 2.50. The molecule has 1 heterocycles. The van der Waals surface area contributed by atoms with Gasteiger partial charge in [0.1, 0.15) is 21.8 Å². The normalized spacial score (nSPS) is 11.0. The number of nitrogens with one attached hydrogen (secondary N) is 1. The molecular weight excluding hydrogens is 419 g/mol. The molecule has 29 heavy (non-hydrogen) atoms. The average Bonchev–Trinajstić information content (AvgIpc) is 2.97. The molecule has 1 N–H and O–H groups in total. The minimum Gasteiger partial charge on any atom is -0.462 e. The highest BCUT2D eigenvalue weighted by Crippen LogP contribution is 2.33. The molecule has 2 aromatic rings. The number of nitrogens with zero attached hydrogens (tertiary/aromatic N) is 1. The zero-order valence-corrected chi connectivity index (χ0v) is 17.5. The van der Waals surface area contributed by atoms with Gasteiger partial charge in [0.15, 0.2) is 9.84 Å². The molecule has 0 bridgehead atoms. The van der Waals surface area contributed by atoms with E-state index in [0.29, 0.717) is 5.56 Å². The van der Waals surface area contributed by atoms with Gasteiger partial charge < -0.3 is 10.1 Å². The summed E-state index contributed by atoms with van der Waals surface area (Å²) in [5.41, 5.74) is 0.593. The average molecular weight is 439 g/mol. The number of benzene rings is 1. The van der Waals surface area contributed by atoms with Gasteiger partial charge in [-0.3, -0.25) is 4.79 Å². The summed E-state index contributed by atoms with van der Waals surface area (Å²) in [7, 11) is -3.64. The van der Waals surface area contributed by atoms with Crippen LogP contribution in [0.5, 0.6) is 0 Å². The number of nitriles is 1. The molecular formula is C19H19FN2O5S2. The number of rotatable bonds is 8. The van der Waals surface area contributed by atoms with Crippen molar-refractivity contribution in [3.8, 4) is 6.07 Å². The highest BCUT2D eigenvalue weighted by atomic mass is 32.2. The summed E-state index contributed by atoms with van der Waals surface area (Å²) >= 11 is 0.942. The predicted octanol–water partition coefficient (Wildman–Crippen LogP) is 3.44. The van der Waals surface area contributed by atoms with Crippen molar-refractivity contribution in [2.45, 2.75) is 31.6 Å². The summed E-state index contributed by atoms with van der Waals surface area (Å²) in [5, 5.41) is 12.1. The van der Waals surface area contributed by atoms with Gasteiger partial charge in [-0.2, -0.15) is 5.26 Å². The summed E-state index contributed by atoms with van der Waals surface area (Å²) in [4.78, 5) is 24.4. The summed E-state index contributed by atoms with van der Waals surface area (Å²) in [5.74, 6) is -1.87. The van der Waals surface area contributed by atoms with Gasteiger partial charge in [0.05, 0.1) is 22.8 Å². The minimum atomic E-state index is -3.64. The molecule has 1 amide bonds. The minimum absolute atomic E-state index is 0.0148. The summed E-state index contributed by atoms with van der Waals surface area (Å²) in [6.07, 6.45) is -0.0561. The third-order valence-electron chi connectivity index (χ3n) is 3.96.